The number of hydrogen-bond donors (Lipinski definition) is 1. The van der Waals surface area contributed by atoms with Gasteiger partial charge >= 0.3 is 0 Å². The zero-order valence-electron chi connectivity index (χ0n) is 38.5. The molecule has 1 unspecified atom stereocenters. The highest BCUT2D eigenvalue weighted by atomic mass is 14.8. The molecule has 0 spiro atoms. The number of nitrogens with one attached hydrogen (secondary N) is 1. The van der Waals surface area contributed by atoms with Crippen LogP contribution in [0.3, 0.4) is 0 Å². The van der Waals surface area contributed by atoms with Crippen molar-refractivity contribution in [2.75, 3.05) is 0 Å². The number of fused-ring (bicyclic) bond motifs is 10. The van der Waals surface area contributed by atoms with Crippen LogP contribution in [0.5, 0.6) is 0 Å². The quantitative estimate of drug-likeness (QED) is 0.149. The summed E-state index contributed by atoms with van der Waals surface area (Å²) in [5, 5.41) is 3.88. The van der Waals surface area contributed by atoms with Crippen molar-refractivity contribution < 1.29 is 0 Å². The van der Waals surface area contributed by atoms with Crippen molar-refractivity contribution in [3.63, 3.8) is 0 Å². The lowest BCUT2D eigenvalue weighted by molar-refractivity contribution is 0.667. The first-order valence-corrected chi connectivity index (χ1v) is 24.3. The number of benzene rings is 10. The van der Waals surface area contributed by atoms with Crippen molar-refractivity contribution in [1.29, 1.82) is 0 Å². The summed E-state index contributed by atoms with van der Waals surface area (Å²) in [4.78, 5) is 3.89. The van der Waals surface area contributed by atoms with E-state index in [1.807, 2.05) is 0 Å². The fourth-order valence-electron chi connectivity index (χ4n) is 12.3. The van der Waals surface area contributed by atoms with Crippen LogP contribution in [0.25, 0.3) is 66.3 Å². The Morgan fingerprint density at radius 2 is 0.985 bits per heavy atom. The average molecular weight is 870 g/mol. The van der Waals surface area contributed by atoms with E-state index in [2.05, 4.69) is 255 Å². The molecule has 0 aliphatic heterocycles. The molecule has 2 aliphatic rings. The van der Waals surface area contributed by atoms with Crippen molar-refractivity contribution in [3.05, 3.63) is 287 Å². The van der Waals surface area contributed by atoms with E-state index in [-0.39, 0.29) is 11.3 Å². The molecule has 0 radical (unpaired) electrons. The molecule has 68 heavy (non-hydrogen) atoms. The van der Waals surface area contributed by atoms with Crippen LogP contribution in [-0.4, -0.2) is 4.98 Å². The molecule has 324 valence electrons. The molecule has 13 rings (SSSR count). The van der Waals surface area contributed by atoms with E-state index in [4.69, 9.17) is 0 Å². The van der Waals surface area contributed by atoms with Gasteiger partial charge in [0.1, 0.15) is 0 Å². The summed E-state index contributed by atoms with van der Waals surface area (Å²) in [5.74, 6) is 0.183. The van der Waals surface area contributed by atoms with Gasteiger partial charge in [0, 0.05) is 27.7 Å². The van der Waals surface area contributed by atoms with Gasteiger partial charge in [0.2, 0.25) is 0 Å². The summed E-state index contributed by atoms with van der Waals surface area (Å²) in [6, 6.07) is 88.7. The fraction of sp³-hybridized carbons (Fsp3) is 0.104. The van der Waals surface area contributed by atoms with E-state index in [9.17, 15) is 0 Å². The number of H-pyrrole nitrogens is 1. The summed E-state index contributed by atoms with van der Waals surface area (Å²) in [6.07, 6.45) is 1.94. The summed E-state index contributed by atoms with van der Waals surface area (Å²) in [7, 11) is 0. The van der Waals surface area contributed by atoms with E-state index in [1.165, 1.54) is 116 Å². The fourth-order valence-corrected chi connectivity index (χ4v) is 12.3. The molecule has 0 saturated carbocycles. The van der Waals surface area contributed by atoms with E-state index in [1.54, 1.807) is 0 Å². The van der Waals surface area contributed by atoms with Crippen LogP contribution in [0.2, 0.25) is 0 Å². The van der Waals surface area contributed by atoms with Crippen LogP contribution in [-0.2, 0) is 17.3 Å². The smallest absolute Gasteiger partial charge is 0.0713 e. The van der Waals surface area contributed by atoms with E-state index >= 15 is 0 Å². The molecule has 1 nitrogen and oxygen atoms in total. The molecular formula is C67H51N. The first kappa shape index (κ1) is 40.3. The van der Waals surface area contributed by atoms with E-state index in [0.29, 0.717) is 0 Å². The number of aryl methyl sites for hydroxylation is 1. The van der Waals surface area contributed by atoms with Gasteiger partial charge in [-0.25, -0.2) is 0 Å². The van der Waals surface area contributed by atoms with Crippen LogP contribution < -0.4 is 0 Å². The molecule has 2 aliphatic carbocycles. The number of rotatable bonds is 9. The number of aromatic amines is 1. The van der Waals surface area contributed by atoms with Crippen molar-refractivity contribution >= 4 is 21.7 Å². The van der Waals surface area contributed by atoms with Crippen molar-refractivity contribution in [1.82, 2.24) is 4.98 Å². The van der Waals surface area contributed by atoms with E-state index in [0.717, 1.165) is 12.8 Å². The molecule has 0 bridgehead atoms. The molecule has 0 amide bonds. The SMILES string of the molecule is CC1(C)c2cc(-c3ccc(CCC(c4ccc(-c5ccccc5)cc4)c4ccc5c(c4)C(c4ccccc4)(c4ccccc4)c4ccccc4-5)cc3)ccc2-c2[nH]c3c(ccc4ccccc43)c21. The lowest BCUT2D eigenvalue weighted by Gasteiger charge is -2.34. The second-order valence-electron chi connectivity index (χ2n) is 19.6. The number of aromatic nitrogens is 1. The largest absolute Gasteiger partial charge is 0.354 e. The molecule has 1 aromatic heterocycles. The van der Waals surface area contributed by atoms with Crippen LogP contribution in [0.15, 0.2) is 237 Å². The van der Waals surface area contributed by atoms with Crippen LogP contribution in [0, 0.1) is 0 Å². The summed E-state index contributed by atoms with van der Waals surface area (Å²) < 4.78 is 0. The maximum atomic E-state index is 3.89. The minimum absolute atomic E-state index is 0.127. The first-order valence-electron chi connectivity index (χ1n) is 24.3. The van der Waals surface area contributed by atoms with Gasteiger partial charge < -0.3 is 4.98 Å². The van der Waals surface area contributed by atoms with Gasteiger partial charge in [0.25, 0.3) is 0 Å². The van der Waals surface area contributed by atoms with E-state index < -0.39 is 5.41 Å². The molecule has 1 atom stereocenters. The second kappa shape index (κ2) is 15.8. The van der Waals surface area contributed by atoms with Gasteiger partial charge in [-0.2, -0.15) is 0 Å². The molecule has 1 N–H and O–H groups in total. The average Bonchev–Trinajstić information content (AvgIpc) is 4.02. The summed E-state index contributed by atoms with van der Waals surface area (Å²) in [5.41, 5.74) is 23.0. The Morgan fingerprint density at radius 3 is 1.74 bits per heavy atom. The highest BCUT2D eigenvalue weighted by Crippen LogP contribution is 2.57. The zero-order chi connectivity index (χ0) is 45.4. The van der Waals surface area contributed by atoms with Gasteiger partial charge in [-0.1, -0.05) is 244 Å². The predicted octanol–water partition coefficient (Wildman–Crippen LogP) is 17.1. The van der Waals surface area contributed by atoms with Gasteiger partial charge in [0.15, 0.2) is 0 Å². The number of hydrogen-bond acceptors (Lipinski definition) is 0. The van der Waals surface area contributed by atoms with Crippen LogP contribution >= 0.6 is 0 Å². The van der Waals surface area contributed by atoms with Gasteiger partial charge in [-0.3, -0.25) is 0 Å². The monoisotopic (exact) mass is 869 g/mol. The third kappa shape index (κ3) is 6.22. The minimum Gasteiger partial charge on any atom is -0.354 e. The van der Waals surface area contributed by atoms with Crippen molar-refractivity contribution in [2.45, 2.75) is 43.4 Å². The Balaban J connectivity index is 0.855. The van der Waals surface area contributed by atoms with Crippen molar-refractivity contribution in [2.24, 2.45) is 0 Å². The molecule has 0 fully saturated rings. The Labute approximate surface area is 399 Å². The Kier molecular flexibility index (Phi) is 9.37. The molecular weight excluding hydrogens is 819 g/mol. The molecule has 1 heterocycles. The standard InChI is InChI=1S/C67H51N/c1-66(2)61-42-50(36-40-58(61)65-63(66)59-41-35-48-18-12-13-23-55(48)64(59)68-65)47-29-26-44(27-30-47)28-38-54(49-33-31-46(32-34-49)45-16-6-3-7-17-45)51-37-39-57-56-24-14-15-25-60(56)67(62(57)43-51,52-19-8-4-9-20-52)53-21-10-5-11-22-53/h3-27,29-37,39-43,54,68H,28,38H2,1-2H3. The highest BCUT2D eigenvalue weighted by Gasteiger charge is 2.46. The maximum absolute atomic E-state index is 3.89. The first-order chi connectivity index (χ1) is 33.5. The van der Waals surface area contributed by atoms with Crippen LogP contribution in [0.4, 0.5) is 0 Å². The molecule has 0 saturated heterocycles. The summed E-state index contributed by atoms with van der Waals surface area (Å²) in [6.45, 7) is 4.78. The zero-order valence-corrected chi connectivity index (χ0v) is 38.5. The Hall–Kier alpha value is -8.00. The molecule has 10 aromatic carbocycles. The normalized spacial score (nSPS) is 14.3. The maximum Gasteiger partial charge on any atom is 0.0713 e. The minimum atomic E-state index is -0.444. The van der Waals surface area contributed by atoms with Crippen molar-refractivity contribution in [3.8, 4) is 44.6 Å². The van der Waals surface area contributed by atoms with Gasteiger partial charge in [0.05, 0.1) is 16.6 Å². The third-order valence-corrected chi connectivity index (χ3v) is 15.6. The molecule has 1 heteroatoms. The summed E-state index contributed by atoms with van der Waals surface area (Å²) >= 11 is 0. The van der Waals surface area contributed by atoms with Gasteiger partial charge in [-0.05, 0) is 108 Å². The molecule has 11 aromatic rings. The topological polar surface area (TPSA) is 15.8 Å². The lowest BCUT2D eigenvalue weighted by atomic mass is 9.67. The van der Waals surface area contributed by atoms with Crippen LogP contribution in [0.1, 0.15) is 76.3 Å². The Morgan fingerprint density at radius 1 is 0.412 bits per heavy atom. The third-order valence-electron chi connectivity index (χ3n) is 15.6. The predicted molar refractivity (Wildman–Crippen MR) is 285 cm³/mol. The second-order valence-corrected chi connectivity index (χ2v) is 19.6. The highest BCUT2D eigenvalue weighted by molar-refractivity contribution is 6.10. The van der Waals surface area contributed by atoms with Gasteiger partial charge in [-0.15, -0.1) is 0 Å². The lowest BCUT2D eigenvalue weighted by Crippen LogP contribution is -2.28. The Bertz CT molecular complexity index is 3630.